The molecule has 0 aliphatic carbocycles. The largest absolute Gasteiger partial charge is 0.493 e. The highest BCUT2D eigenvalue weighted by molar-refractivity contribution is 5.81. The molecule has 0 saturated carbocycles. The molecule has 1 atom stereocenters. The zero-order valence-electron chi connectivity index (χ0n) is 9.42. The van der Waals surface area contributed by atoms with Crippen LogP contribution in [0.15, 0.2) is 24.7 Å². The molecule has 3 rings (SSSR count). The fourth-order valence-corrected chi connectivity index (χ4v) is 1.61. The van der Waals surface area contributed by atoms with Gasteiger partial charge in [-0.25, -0.2) is 9.97 Å². The lowest BCUT2D eigenvalue weighted by Gasteiger charge is -2.10. The van der Waals surface area contributed by atoms with Crippen LogP contribution in [0.1, 0.15) is 0 Å². The second kappa shape index (κ2) is 4.18. The molecule has 17 heavy (non-hydrogen) atoms. The molecule has 0 radical (unpaired) electrons. The molecule has 0 spiro atoms. The third-order valence-corrected chi connectivity index (χ3v) is 2.62. The minimum absolute atomic E-state index is 0.224. The van der Waals surface area contributed by atoms with Crippen LogP contribution in [-0.4, -0.2) is 36.4 Å². The first-order chi connectivity index (χ1) is 8.36. The van der Waals surface area contributed by atoms with Gasteiger partial charge >= 0.3 is 0 Å². The topological polar surface area (TPSA) is 56.8 Å². The first kappa shape index (κ1) is 10.3. The molecule has 2 heterocycles. The summed E-state index contributed by atoms with van der Waals surface area (Å²) in [5.41, 5.74) is 0.840. The Kier molecular flexibility index (Phi) is 2.53. The fraction of sp³-hybridized carbons (Fsp3) is 0.333. The van der Waals surface area contributed by atoms with Crippen molar-refractivity contribution in [2.75, 3.05) is 20.3 Å². The molecule has 5 nitrogen and oxygen atoms in total. The zero-order valence-corrected chi connectivity index (χ0v) is 9.42. The third kappa shape index (κ3) is 2.14. The quantitative estimate of drug-likeness (QED) is 0.746. The van der Waals surface area contributed by atoms with Gasteiger partial charge in [0, 0.05) is 17.6 Å². The molecule has 1 aromatic carbocycles. The number of nitrogens with zero attached hydrogens (tertiary/aromatic N) is 2. The van der Waals surface area contributed by atoms with Gasteiger partial charge < -0.3 is 14.2 Å². The molecule has 0 amide bonds. The summed E-state index contributed by atoms with van der Waals surface area (Å²) in [4.78, 5) is 8.15. The van der Waals surface area contributed by atoms with Crippen LogP contribution in [0.4, 0.5) is 0 Å². The highest BCUT2D eigenvalue weighted by Gasteiger charge is 2.23. The van der Waals surface area contributed by atoms with E-state index in [0.717, 1.165) is 17.5 Å². The van der Waals surface area contributed by atoms with E-state index in [-0.39, 0.29) is 6.10 Å². The first-order valence-electron chi connectivity index (χ1n) is 5.39. The number of hydrogen-bond donors (Lipinski definition) is 0. The highest BCUT2D eigenvalue weighted by atomic mass is 16.6. The number of aromatic nitrogens is 2. The maximum absolute atomic E-state index is 5.65. The van der Waals surface area contributed by atoms with Gasteiger partial charge in [-0.2, -0.15) is 0 Å². The Labute approximate surface area is 98.3 Å². The zero-order chi connectivity index (χ0) is 11.7. The summed E-state index contributed by atoms with van der Waals surface area (Å²) in [6.45, 7) is 1.33. The Morgan fingerprint density at radius 1 is 1.41 bits per heavy atom. The number of epoxide rings is 1. The molecule has 1 aliphatic rings. The predicted molar refractivity (Wildman–Crippen MR) is 61.3 cm³/mol. The fourth-order valence-electron chi connectivity index (χ4n) is 1.61. The Hall–Kier alpha value is -1.88. The van der Waals surface area contributed by atoms with E-state index in [1.54, 1.807) is 13.3 Å². The van der Waals surface area contributed by atoms with Crippen molar-refractivity contribution >= 4 is 10.9 Å². The summed E-state index contributed by atoms with van der Waals surface area (Å²) in [5.74, 6) is 1.38. The van der Waals surface area contributed by atoms with Crippen molar-refractivity contribution in [1.82, 2.24) is 9.97 Å². The summed E-state index contributed by atoms with van der Waals surface area (Å²) < 4.78 is 16.0. The monoisotopic (exact) mass is 232 g/mol. The molecule has 1 fully saturated rings. The van der Waals surface area contributed by atoms with Gasteiger partial charge in [0.05, 0.1) is 19.2 Å². The Morgan fingerprint density at radius 3 is 3.06 bits per heavy atom. The van der Waals surface area contributed by atoms with E-state index < -0.39 is 0 Å². The molecule has 1 aliphatic heterocycles. The molecule has 1 unspecified atom stereocenters. The smallest absolute Gasteiger partial charge is 0.162 e. The van der Waals surface area contributed by atoms with Crippen LogP contribution in [0.3, 0.4) is 0 Å². The van der Waals surface area contributed by atoms with Gasteiger partial charge in [0.25, 0.3) is 0 Å². The van der Waals surface area contributed by atoms with Crippen LogP contribution in [0, 0.1) is 0 Å². The van der Waals surface area contributed by atoms with Gasteiger partial charge in [0.15, 0.2) is 11.5 Å². The Morgan fingerprint density at radius 2 is 2.29 bits per heavy atom. The number of methoxy groups -OCH3 is 1. The van der Waals surface area contributed by atoms with Crippen molar-refractivity contribution in [3.63, 3.8) is 0 Å². The van der Waals surface area contributed by atoms with Crippen molar-refractivity contribution in [3.05, 3.63) is 24.7 Å². The van der Waals surface area contributed by atoms with Gasteiger partial charge in [-0.05, 0) is 6.07 Å². The van der Waals surface area contributed by atoms with Gasteiger partial charge in [0.2, 0.25) is 0 Å². The van der Waals surface area contributed by atoms with Crippen molar-refractivity contribution in [3.8, 4) is 11.5 Å². The van der Waals surface area contributed by atoms with Crippen LogP contribution >= 0.6 is 0 Å². The van der Waals surface area contributed by atoms with E-state index in [9.17, 15) is 0 Å². The molecule has 2 aromatic rings. The van der Waals surface area contributed by atoms with Crippen molar-refractivity contribution < 1.29 is 14.2 Å². The van der Waals surface area contributed by atoms with Crippen molar-refractivity contribution in [2.45, 2.75) is 6.10 Å². The van der Waals surface area contributed by atoms with E-state index in [1.165, 1.54) is 6.33 Å². The van der Waals surface area contributed by atoms with Gasteiger partial charge in [-0.3, -0.25) is 0 Å². The number of hydrogen-bond acceptors (Lipinski definition) is 5. The summed E-state index contributed by atoms with van der Waals surface area (Å²) >= 11 is 0. The van der Waals surface area contributed by atoms with Gasteiger partial charge in [-0.15, -0.1) is 0 Å². The van der Waals surface area contributed by atoms with Crippen LogP contribution < -0.4 is 9.47 Å². The molecule has 1 saturated heterocycles. The first-order valence-corrected chi connectivity index (χ1v) is 5.39. The van der Waals surface area contributed by atoms with Crippen LogP contribution in [-0.2, 0) is 4.74 Å². The molecule has 1 aromatic heterocycles. The lowest BCUT2D eigenvalue weighted by Crippen LogP contribution is -2.05. The summed E-state index contributed by atoms with van der Waals surface area (Å²) in [6.07, 6.45) is 3.49. The lowest BCUT2D eigenvalue weighted by molar-refractivity contribution is 0.252. The van der Waals surface area contributed by atoms with E-state index in [1.807, 2.05) is 12.1 Å². The second-order valence-electron chi connectivity index (χ2n) is 3.85. The maximum Gasteiger partial charge on any atom is 0.162 e. The molecule has 5 heteroatoms. The minimum atomic E-state index is 0.224. The average Bonchev–Trinajstić information content (AvgIpc) is 3.19. The molecule has 0 N–H and O–H groups in total. The van der Waals surface area contributed by atoms with E-state index in [0.29, 0.717) is 18.1 Å². The van der Waals surface area contributed by atoms with Crippen LogP contribution in [0.5, 0.6) is 11.5 Å². The number of fused-ring (bicyclic) bond motifs is 1. The molecular weight excluding hydrogens is 220 g/mol. The van der Waals surface area contributed by atoms with Gasteiger partial charge in [-0.1, -0.05) is 0 Å². The van der Waals surface area contributed by atoms with Crippen LogP contribution in [0.2, 0.25) is 0 Å². The van der Waals surface area contributed by atoms with Crippen molar-refractivity contribution in [1.29, 1.82) is 0 Å². The summed E-state index contributed by atoms with van der Waals surface area (Å²) in [6, 6.07) is 3.73. The minimum Gasteiger partial charge on any atom is -0.493 e. The summed E-state index contributed by atoms with van der Waals surface area (Å²) in [7, 11) is 1.61. The van der Waals surface area contributed by atoms with Gasteiger partial charge in [0.1, 0.15) is 19.0 Å². The number of rotatable bonds is 4. The van der Waals surface area contributed by atoms with Crippen LogP contribution in [0.25, 0.3) is 10.9 Å². The normalized spacial score (nSPS) is 18.1. The third-order valence-electron chi connectivity index (χ3n) is 2.62. The molecular formula is C12H12N2O3. The standard InChI is InChI=1S/C12H12N2O3/c1-15-11-3-10-8(4-13-7-14-10)2-12(11)17-6-9-5-16-9/h2-4,7,9H,5-6H2,1H3. The SMILES string of the molecule is COc1cc2ncncc2cc1OCC1CO1. The lowest BCUT2D eigenvalue weighted by atomic mass is 10.2. The number of benzene rings is 1. The van der Waals surface area contributed by atoms with E-state index in [4.69, 9.17) is 14.2 Å². The molecule has 0 bridgehead atoms. The van der Waals surface area contributed by atoms with E-state index in [2.05, 4.69) is 9.97 Å². The van der Waals surface area contributed by atoms with E-state index >= 15 is 0 Å². The molecule has 88 valence electrons. The maximum atomic E-state index is 5.65. The average molecular weight is 232 g/mol. The van der Waals surface area contributed by atoms with Crippen molar-refractivity contribution in [2.24, 2.45) is 0 Å². The predicted octanol–water partition coefficient (Wildman–Crippen LogP) is 1.42. The Balaban J connectivity index is 1.95. The summed E-state index contributed by atoms with van der Waals surface area (Å²) in [5, 5.41) is 0.931. The Bertz CT molecular complexity index is 540. The number of ether oxygens (including phenoxy) is 3. The highest BCUT2D eigenvalue weighted by Crippen LogP contribution is 2.31. The second-order valence-corrected chi connectivity index (χ2v) is 3.85.